The minimum Gasteiger partial charge on any atom is -0.399 e. The molecule has 3 N–H and O–H groups in total. The molecule has 3 nitrogen and oxygen atoms in total. The highest BCUT2D eigenvalue weighted by molar-refractivity contribution is 7.20. The van der Waals surface area contributed by atoms with Gasteiger partial charge >= 0.3 is 0 Å². The quantitative estimate of drug-likeness (QED) is 0.844. The first kappa shape index (κ1) is 13.4. The summed E-state index contributed by atoms with van der Waals surface area (Å²) in [5.74, 6) is 0.716. The number of amides is 1. The van der Waals surface area contributed by atoms with Gasteiger partial charge in [-0.25, -0.2) is 0 Å². The number of thiophene rings is 1. The summed E-state index contributed by atoms with van der Waals surface area (Å²) in [4.78, 5) is 13.0. The molecule has 0 saturated heterocycles. The summed E-state index contributed by atoms with van der Waals surface area (Å²) in [7, 11) is 0. The molecule has 20 heavy (non-hydrogen) atoms. The Morgan fingerprint density at radius 1 is 1.25 bits per heavy atom. The van der Waals surface area contributed by atoms with E-state index in [9.17, 15) is 4.79 Å². The maximum absolute atomic E-state index is 12.2. The minimum atomic E-state index is 0.0512. The topological polar surface area (TPSA) is 55.1 Å². The van der Waals surface area contributed by atoms with Crippen LogP contribution in [0.5, 0.6) is 0 Å². The first-order chi connectivity index (χ1) is 9.72. The predicted octanol–water partition coefficient (Wildman–Crippen LogP) is 3.79. The van der Waals surface area contributed by atoms with E-state index in [0.29, 0.717) is 5.92 Å². The van der Waals surface area contributed by atoms with Gasteiger partial charge in [-0.15, -0.1) is 11.3 Å². The van der Waals surface area contributed by atoms with E-state index in [1.165, 1.54) is 43.4 Å². The van der Waals surface area contributed by atoms with Crippen LogP contribution in [-0.2, 0) is 0 Å². The molecule has 106 valence electrons. The normalized spacial score (nSPS) is 16.4. The van der Waals surface area contributed by atoms with Crippen molar-refractivity contribution in [1.29, 1.82) is 0 Å². The molecule has 3 rings (SSSR count). The fraction of sp³-hybridized carbons (Fsp3) is 0.438. The molecule has 0 aliphatic heterocycles. The molecule has 1 heterocycles. The number of fused-ring (bicyclic) bond motifs is 1. The van der Waals surface area contributed by atoms with Gasteiger partial charge in [0, 0.05) is 16.9 Å². The molecular weight excluding hydrogens is 268 g/mol. The van der Waals surface area contributed by atoms with Gasteiger partial charge < -0.3 is 11.1 Å². The van der Waals surface area contributed by atoms with Crippen LogP contribution in [0.3, 0.4) is 0 Å². The molecule has 1 amide bonds. The summed E-state index contributed by atoms with van der Waals surface area (Å²) >= 11 is 1.53. The molecule has 0 radical (unpaired) electrons. The van der Waals surface area contributed by atoms with Crippen molar-refractivity contribution in [2.45, 2.75) is 32.1 Å². The maximum atomic E-state index is 12.2. The minimum absolute atomic E-state index is 0.0512. The lowest BCUT2D eigenvalue weighted by atomic mass is 9.89. The van der Waals surface area contributed by atoms with E-state index in [0.717, 1.165) is 27.2 Å². The Balaban J connectivity index is 1.65. The second kappa shape index (κ2) is 5.83. The smallest absolute Gasteiger partial charge is 0.261 e. The van der Waals surface area contributed by atoms with Crippen LogP contribution in [0.1, 0.15) is 41.8 Å². The van der Waals surface area contributed by atoms with E-state index >= 15 is 0 Å². The molecule has 0 bridgehead atoms. The number of nitrogens with one attached hydrogen (secondary N) is 1. The second-order valence-electron chi connectivity index (χ2n) is 5.62. The third-order valence-electron chi connectivity index (χ3n) is 4.04. The van der Waals surface area contributed by atoms with Crippen LogP contribution in [0.2, 0.25) is 0 Å². The van der Waals surface area contributed by atoms with Crippen LogP contribution in [0, 0.1) is 5.92 Å². The zero-order chi connectivity index (χ0) is 13.9. The molecule has 1 aromatic carbocycles. The molecule has 0 spiro atoms. The summed E-state index contributed by atoms with van der Waals surface area (Å²) in [6.45, 7) is 0.815. The zero-order valence-corrected chi connectivity index (χ0v) is 12.3. The molecular formula is C16H20N2OS. The van der Waals surface area contributed by atoms with Gasteiger partial charge in [0.2, 0.25) is 0 Å². The van der Waals surface area contributed by atoms with Gasteiger partial charge in [0.1, 0.15) is 0 Å². The third-order valence-corrected chi connectivity index (χ3v) is 5.16. The second-order valence-corrected chi connectivity index (χ2v) is 6.71. The lowest BCUT2D eigenvalue weighted by Gasteiger charge is -2.21. The Morgan fingerprint density at radius 2 is 2.05 bits per heavy atom. The molecule has 4 heteroatoms. The molecule has 1 saturated carbocycles. The zero-order valence-electron chi connectivity index (χ0n) is 11.5. The summed E-state index contributed by atoms with van der Waals surface area (Å²) in [6.07, 6.45) is 6.47. The van der Waals surface area contributed by atoms with Crippen molar-refractivity contribution in [3.05, 3.63) is 29.1 Å². The maximum Gasteiger partial charge on any atom is 0.261 e. The number of benzene rings is 1. The summed E-state index contributed by atoms with van der Waals surface area (Å²) in [6, 6.07) is 7.71. The van der Waals surface area contributed by atoms with Crippen LogP contribution < -0.4 is 11.1 Å². The molecule has 1 aliphatic rings. The fourth-order valence-electron chi connectivity index (χ4n) is 2.89. The van der Waals surface area contributed by atoms with Crippen LogP contribution in [0.25, 0.3) is 10.1 Å². The standard InChI is InChI=1S/C16H20N2OS/c17-13-6-7-14-12(8-13)9-15(20-14)16(19)18-10-11-4-2-1-3-5-11/h6-9,11H,1-5,10,17H2,(H,18,19). The van der Waals surface area contributed by atoms with Gasteiger partial charge in [-0.2, -0.15) is 0 Å². The number of nitrogens with two attached hydrogens (primary N) is 1. The SMILES string of the molecule is Nc1ccc2sc(C(=O)NCC3CCCCC3)cc2c1. The number of hydrogen-bond donors (Lipinski definition) is 2. The van der Waals surface area contributed by atoms with E-state index in [4.69, 9.17) is 5.73 Å². The summed E-state index contributed by atoms with van der Waals surface area (Å²) < 4.78 is 1.11. The van der Waals surface area contributed by atoms with E-state index in [1.54, 1.807) is 0 Å². The molecule has 2 aromatic rings. The average molecular weight is 288 g/mol. The lowest BCUT2D eigenvalue weighted by molar-refractivity contribution is 0.0947. The Hall–Kier alpha value is -1.55. The molecule has 0 unspecified atom stereocenters. The van der Waals surface area contributed by atoms with Crippen LogP contribution in [0.4, 0.5) is 5.69 Å². The largest absolute Gasteiger partial charge is 0.399 e. The number of hydrogen-bond acceptors (Lipinski definition) is 3. The first-order valence-electron chi connectivity index (χ1n) is 7.29. The third kappa shape index (κ3) is 2.96. The lowest BCUT2D eigenvalue weighted by Crippen LogP contribution is -2.29. The highest BCUT2D eigenvalue weighted by Gasteiger charge is 2.16. The number of carbonyl (C=O) groups is 1. The Labute approximate surface area is 123 Å². The molecule has 0 atom stereocenters. The van der Waals surface area contributed by atoms with E-state index < -0.39 is 0 Å². The van der Waals surface area contributed by atoms with Crippen molar-refractivity contribution in [2.24, 2.45) is 5.92 Å². The Bertz CT molecular complexity index is 614. The van der Waals surface area contributed by atoms with E-state index in [2.05, 4.69) is 5.32 Å². The van der Waals surface area contributed by atoms with Gasteiger partial charge in [-0.3, -0.25) is 4.79 Å². The fourth-order valence-corrected chi connectivity index (χ4v) is 3.85. The van der Waals surface area contributed by atoms with Crippen LogP contribution in [0.15, 0.2) is 24.3 Å². The summed E-state index contributed by atoms with van der Waals surface area (Å²) in [5.41, 5.74) is 6.51. The first-order valence-corrected chi connectivity index (χ1v) is 8.11. The van der Waals surface area contributed by atoms with Crippen molar-refractivity contribution in [3.63, 3.8) is 0 Å². The van der Waals surface area contributed by atoms with Crippen LogP contribution >= 0.6 is 11.3 Å². The van der Waals surface area contributed by atoms with Gasteiger partial charge in [-0.05, 0) is 48.4 Å². The average Bonchev–Trinajstić information content (AvgIpc) is 2.89. The number of nitrogen functional groups attached to an aromatic ring is 1. The number of rotatable bonds is 3. The van der Waals surface area contributed by atoms with Crippen molar-refractivity contribution in [1.82, 2.24) is 5.32 Å². The van der Waals surface area contributed by atoms with Gasteiger partial charge in [0.15, 0.2) is 0 Å². The molecule has 1 aromatic heterocycles. The Morgan fingerprint density at radius 3 is 2.85 bits per heavy atom. The molecule has 1 fully saturated rings. The number of carbonyl (C=O) groups excluding carboxylic acids is 1. The van der Waals surface area contributed by atoms with E-state index in [-0.39, 0.29) is 5.91 Å². The van der Waals surface area contributed by atoms with Crippen molar-refractivity contribution in [2.75, 3.05) is 12.3 Å². The monoisotopic (exact) mass is 288 g/mol. The van der Waals surface area contributed by atoms with Crippen LogP contribution in [-0.4, -0.2) is 12.5 Å². The highest BCUT2D eigenvalue weighted by Crippen LogP contribution is 2.27. The van der Waals surface area contributed by atoms with Crippen molar-refractivity contribution < 1.29 is 4.79 Å². The van der Waals surface area contributed by atoms with Crippen molar-refractivity contribution in [3.8, 4) is 0 Å². The van der Waals surface area contributed by atoms with Gasteiger partial charge in [-0.1, -0.05) is 19.3 Å². The number of anilines is 1. The van der Waals surface area contributed by atoms with Gasteiger partial charge in [0.25, 0.3) is 5.91 Å². The predicted molar refractivity (Wildman–Crippen MR) is 85.1 cm³/mol. The molecule has 1 aliphatic carbocycles. The van der Waals surface area contributed by atoms with Crippen molar-refractivity contribution >= 4 is 33.0 Å². The highest BCUT2D eigenvalue weighted by atomic mass is 32.1. The van der Waals surface area contributed by atoms with E-state index in [1.807, 2.05) is 24.3 Å². The Kier molecular flexibility index (Phi) is 3.92. The van der Waals surface area contributed by atoms with Gasteiger partial charge in [0.05, 0.1) is 4.88 Å². The summed E-state index contributed by atoms with van der Waals surface area (Å²) in [5, 5.41) is 4.14.